The quantitative estimate of drug-likeness (QED) is 0.732. The van der Waals surface area contributed by atoms with Gasteiger partial charge in [0.25, 0.3) is 10.0 Å². The van der Waals surface area contributed by atoms with Crippen molar-refractivity contribution in [3.63, 3.8) is 0 Å². The molecule has 0 radical (unpaired) electrons. The molecule has 2 rings (SSSR count). The van der Waals surface area contributed by atoms with E-state index in [-0.39, 0.29) is 5.69 Å². The van der Waals surface area contributed by atoms with Crippen molar-refractivity contribution in [2.24, 2.45) is 0 Å². The summed E-state index contributed by atoms with van der Waals surface area (Å²) in [5.41, 5.74) is -0.199. The number of rotatable bonds is 4. The Kier molecular flexibility index (Phi) is 2.98. The van der Waals surface area contributed by atoms with Gasteiger partial charge in [-0.15, -0.1) is 0 Å². The number of hydrogen-bond donors (Lipinski definition) is 3. The minimum atomic E-state index is -4.03. The van der Waals surface area contributed by atoms with Crippen molar-refractivity contribution in [1.82, 2.24) is 15.2 Å². The summed E-state index contributed by atoms with van der Waals surface area (Å²) in [6.45, 7) is 0. The lowest BCUT2D eigenvalue weighted by Crippen LogP contribution is -2.16. The average Bonchev–Trinajstić information content (AvgIpc) is 2.79. The van der Waals surface area contributed by atoms with Crippen LogP contribution in [0.3, 0.4) is 0 Å². The first kappa shape index (κ1) is 12.0. The van der Waals surface area contributed by atoms with E-state index in [4.69, 9.17) is 5.11 Å². The number of nitrogens with zero attached hydrogens (tertiary/aromatic N) is 2. The fraction of sp³-hybridized carbons (Fsp3) is 0. The molecule has 0 aliphatic heterocycles. The molecule has 0 amide bonds. The van der Waals surface area contributed by atoms with Gasteiger partial charge >= 0.3 is 5.97 Å². The van der Waals surface area contributed by atoms with Crippen LogP contribution in [0.4, 0.5) is 5.69 Å². The third kappa shape index (κ3) is 2.30. The maximum absolute atomic E-state index is 11.9. The summed E-state index contributed by atoms with van der Waals surface area (Å²) in [6.07, 6.45) is 3.71. The lowest BCUT2D eigenvalue weighted by atomic mass is 10.4. The lowest BCUT2D eigenvalue weighted by Gasteiger charge is -2.05. The number of aromatic carboxylic acids is 1. The van der Waals surface area contributed by atoms with E-state index in [1.165, 1.54) is 18.5 Å². The topological polar surface area (TPSA) is 125 Å². The van der Waals surface area contributed by atoms with E-state index in [1.54, 1.807) is 6.07 Å². The average molecular weight is 268 g/mol. The summed E-state index contributed by atoms with van der Waals surface area (Å²) in [5.74, 6) is -1.38. The van der Waals surface area contributed by atoms with Crippen LogP contribution in [-0.2, 0) is 10.0 Å². The summed E-state index contributed by atoms with van der Waals surface area (Å²) < 4.78 is 26.0. The molecule has 9 heteroatoms. The number of carbonyl (C=O) groups is 1. The largest absolute Gasteiger partial charge is 0.478 e. The minimum absolute atomic E-state index is 0.225. The number of aromatic amines is 1. The van der Waals surface area contributed by atoms with Gasteiger partial charge in [-0.05, 0) is 12.1 Å². The monoisotopic (exact) mass is 268 g/mol. The predicted molar refractivity (Wildman–Crippen MR) is 60.6 cm³/mol. The second-order valence-electron chi connectivity index (χ2n) is 3.27. The molecule has 8 nitrogen and oxygen atoms in total. The van der Waals surface area contributed by atoms with Crippen LogP contribution in [0, 0.1) is 0 Å². The van der Waals surface area contributed by atoms with Crippen molar-refractivity contribution in [3.05, 3.63) is 36.3 Å². The van der Waals surface area contributed by atoms with Gasteiger partial charge in [-0.2, -0.15) is 13.5 Å². The summed E-state index contributed by atoms with van der Waals surface area (Å²) in [6, 6.07) is 3.03. The summed E-state index contributed by atoms with van der Waals surface area (Å²) in [7, 11) is -4.03. The van der Waals surface area contributed by atoms with Crippen LogP contribution >= 0.6 is 0 Å². The minimum Gasteiger partial charge on any atom is -0.478 e. The summed E-state index contributed by atoms with van der Waals surface area (Å²) >= 11 is 0. The number of H-pyrrole nitrogens is 1. The molecule has 0 aromatic carbocycles. The van der Waals surface area contributed by atoms with Crippen LogP contribution in [0.5, 0.6) is 0 Å². The predicted octanol–water partition coefficient (Wildman–Crippen LogP) is 0.304. The molecule has 0 spiro atoms. The molecule has 0 saturated heterocycles. The molecule has 3 N–H and O–H groups in total. The van der Waals surface area contributed by atoms with Crippen molar-refractivity contribution in [2.75, 3.05) is 4.72 Å². The van der Waals surface area contributed by atoms with Gasteiger partial charge in [0.1, 0.15) is 5.56 Å². The highest BCUT2D eigenvalue weighted by atomic mass is 32.2. The molecule has 2 aromatic heterocycles. The number of anilines is 1. The first-order valence-corrected chi connectivity index (χ1v) is 6.18. The number of carboxylic acid groups (broad SMARTS) is 1. The van der Waals surface area contributed by atoms with Gasteiger partial charge in [-0.25, -0.2) is 4.79 Å². The highest BCUT2D eigenvalue weighted by Crippen LogP contribution is 2.16. The van der Waals surface area contributed by atoms with Gasteiger partial charge in [0, 0.05) is 6.20 Å². The highest BCUT2D eigenvalue weighted by molar-refractivity contribution is 7.92. The van der Waals surface area contributed by atoms with E-state index < -0.39 is 26.6 Å². The van der Waals surface area contributed by atoms with Crippen LogP contribution in [0.2, 0.25) is 0 Å². The third-order valence-corrected chi connectivity index (χ3v) is 3.37. The van der Waals surface area contributed by atoms with Gasteiger partial charge in [0.15, 0.2) is 5.03 Å². The van der Waals surface area contributed by atoms with Gasteiger partial charge < -0.3 is 5.11 Å². The van der Waals surface area contributed by atoms with Gasteiger partial charge in [-0.1, -0.05) is 0 Å². The molecule has 0 fully saturated rings. The molecule has 0 aliphatic carbocycles. The van der Waals surface area contributed by atoms with Gasteiger partial charge in [0.2, 0.25) is 0 Å². The smallest absolute Gasteiger partial charge is 0.340 e. The Balaban J connectivity index is 2.37. The maximum Gasteiger partial charge on any atom is 0.340 e. The molecule has 94 valence electrons. The third-order valence-electron chi connectivity index (χ3n) is 2.02. The standard InChI is InChI=1S/C9H8N4O4S/c14-9(15)7-5-11-12-8(7)18(16,17)13-6-2-1-3-10-4-6/h1-5,13H,(H,11,12)(H,14,15). The first-order chi connectivity index (χ1) is 8.50. The summed E-state index contributed by atoms with van der Waals surface area (Å²) in [5, 5.41) is 13.9. The number of aromatic nitrogens is 3. The van der Waals surface area contributed by atoms with E-state index in [9.17, 15) is 13.2 Å². The number of carboxylic acids is 1. The maximum atomic E-state index is 11.9. The van der Waals surface area contributed by atoms with Crippen LogP contribution in [0.25, 0.3) is 0 Å². The Morgan fingerprint density at radius 2 is 2.17 bits per heavy atom. The Bertz CT molecular complexity index is 665. The first-order valence-electron chi connectivity index (χ1n) is 4.70. The second kappa shape index (κ2) is 4.45. The van der Waals surface area contributed by atoms with Crippen molar-refractivity contribution in [1.29, 1.82) is 0 Å². The van der Waals surface area contributed by atoms with Crippen LogP contribution in [0.15, 0.2) is 35.7 Å². The normalized spacial score (nSPS) is 11.1. The molecule has 0 unspecified atom stereocenters. The van der Waals surface area contributed by atoms with Crippen molar-refractivity contribution < 1.29 is 18.3 Å². The molecule has 0 atom stereocenters. The van der Waals surface area contributed by atoms with Crippen molar-refractivity contribution >= 4 is 21.7 Å². The zero-order valence-corrected chi connectivity index (χ0v) is 9.68. The molecule has 0 saturated carbocycles. The van der Waals surface area contributed by atoms with Crippen molar-refractivity contribution in [3.8, 4) is 0 Å². The van der Waals surface area contributed by atoms with E-state index in [0.717, 1.165) is 6.20 Å². The summed E-state index contributed by atoms with van der Waals surface area (Å²) in [4.78, 5) is 14.6. The van der Waals surface area contributed by atoms with E-state index in [1.807, 2.05) is 0 Å². The van der Waals surface area contributed by atoms with Gasteiger partial charge in [-0.3, -0.25) is 14.8 Å². The SMILES string of the molecule is O=C(O)c1cn[nH]c1S(=O)(=O)Nc1cccnc1. The zero-order chi connectivity index (χ0) is 13.2. The Labute approximate surface area is 102 Å². The number of pyridine rings is 1. The second-order valence-corrected chi connectivity index (χ2v) is 4.88. The van der Waals surface area contributed by atoms with Crippen LogP contribution in [0.1, 0.15) is 10.4 Å². The van der Waals surface area contributed by atoms with E-state index in [0.29, 0.717) is 0 Å². The lowest BCUT2D eigenvalue weighted by molar-refractivity contribution is 0.0692. The molecular weight excluding hydrogens is 260 g/mol. The molecular formula is C9H8N4O4S. The van der Waals surface area contributed by atoms with Crippen molar-refractivity contribution in [2.45, 2.75) is 5.03 Å². The number of hydrogen-bond acceptors (Lipinski definition) is 5. The Morgan fingerprint density at radius 1 is 1.39 bits per heavy atom. The number of sulfonamides is 1. The fourth-order valence-electron chi connectivity index (χ4n) is 1.26. The van der Waals surface area contributed by atoms with E-state index in [2.05, 4.69) is 19.9 Å². The zero-order valence-electron chi connectivity index (χ0n) is 8.86. The molecule has 0 bridgehead atoms. The Hall–Kier alpha value is -2.42. The Morgan fingerprint density at radius 3 is 2.78 bits per heavy atom. The molecule has 2 heterocycles. The molecule has 2 aromatic rings. The van der Waals surface area contributed by atoms with E-state index >= 15 is 0 Å². The highest BCUT2D eigenvalue weighted by Gasteiger charge is 2.24. The van der Waals surface area contributed by atoms with Gasteiger partial charge in [0.05, 0.1) is 18.1 Å². The van der Waals surface area contributed by atoms with Crippen LogP contribution in [-0.4, -0.2) is 34.7 Å². The van der Waals surface area contributed by atoms with Crippen LogP contribution < -0.4 is 4.72 Å². The molecule has 18 heavy (non-hydrogen) atoms. The number of nitrogens with one attached hydrogen (secondary N) is 2. The molecule has 0 aliphatic rings. The fourth-order valence-corrected chi connectivity index (χ4v) is 2.40.